The number of halogens is 3. The van der Waals surface area contributed by atoms with Crippen molar-refractivity contribution in [2.45, 2.75) is 56.5 Å². The molecule has 1 aromatic carbocycles. The van der Waals surface area contributed by atoms with Gasteiger partial charge in [-0.2, -0.15) is 13.2 Å². The Balaban J connectivity index is 1.90. The van der Waals surface area contributed by atoms with Gasteiger partial charge in [-0.05, 0) is 49.8 Å². The summed E-state index contributed by atoms with van der Waals surface area (Å²) in [5, 5.41) is 30.1. The number of hydrogen-bond acceptors (Lipinski definition) is 7. The quantitative estimate of drug-likeness (QED) is 0.154. The highest BCUT2D eigenvalue weighted by Crippen LogP contribution is 2.36. The first kappa shape index (κ1) is 27.8. The van der Waals surface area contributed by atoms with Gasteiger partial charge >= 0.3 is 12.1 Å². The summed E-state index contributed by atoms with van der Waals surface area (Å²) in [4.78, 5) is 11.1. The van der Waals surface area contributed by atoms with E-state index in [1.54, 1.807) is 6.08 Å². The largest absolute Gasteiger partial charge is 0.491 e. The molecule has 1 aromatic rings. The lowest BCUT2D eigenvalue weighted by molar-refractivity contribution is -0.140. The molecule has 0 aliphatic heterocycles. The molecule has 2 rings (SSSR count). The Hall–Kier alpha value is -2.40. The van der Waals surface area contributed by atoms with Crippen molar-refractivity contribution < 1.29 is 42.9 Å². The molecule has 0 radical (unpaired) electrons. The van der Waals surface area contributed by atoms with Crippen LogP contribution in [0.4, 0.5) is 13.2 Å². The number of ether oxygens (including phenoxy) is 2. The van der Waals surface area contributed by atoms with E-state index in [2.05, 4.69) is 10.2 Å². The van der Waals surface area contributed by atoms with Crippen LogP contribution >= 0.6 is 0 Å². The highest BCUT2D eigenvalue weighted by Gasteiger charge is 2.40. The van der Waals surface area contributed by atoms with Gasteiger partial charge in [-0.1, -0.05) is 30.4 Å². The first-order valence-electron chi connectivity index (χ1n) is 11.1. The lowest BCUT2D eigenvalue weighted by Gasteiger charge is -2.21. The maximum Gasteiger partial charge on any atom is 0.416 e. The van der Waals surface area contributed by atoms with E-state index in [9.17, 15) is 33.4 Å². The van der Waals surface area contributed by atoms with Crippen molar-refractivity contribution in [1.82, 2.24) is 5.48 Å². The fourth-order valence-corrected chi connectivity index (χ4v) is 3.97. The number of aliphatic hydroxyl groups excluding tert-OH is 2. The van der Waals surface area contributed by atoms with Crippen molar-refractivity contribution in [1.29, 1.82) is 0 Å². The van der Waals surface area contributed by atoms with Gasteiger partial charge in [0.1, 0.15) is 18.5 Å². The van der Waals surface area contributed by atoms with Gasteiger partial charge in [0.15, 0.2) is 0 Å². The molecule has 1 saturated carbocycles. The number of nitrogens with one attached hydrogen (secondary N) is 1. The molecule has 4 N–H and O–H groups in total. The van der Waals surface area contributed by atoms with Crippen LogP contribution < -0.4 is 10.2 Å². The fraction of sp³-hybridized carbons (Fsp3) is 0.542. The fourth-order valence-electron chi connectivity index (χ4n) is 3.97. The number of allylic oxidation sites excluding steroid dienone is 2. The van der Waals surface area contributed by atoms with Crippen LogP contribution in [0.25, 0.3) is 0 Å². The molecule has 0 spiro atoms. The third-order valence-corrected chi connectivity index (χ3v) is 5.81. The summed E-state index contributed by atoms with van der Waals surface area (Å²) in [7, 11) is 1.34. The number of alkyl halides is 3. The van der Waals surface area contributed by atoms with Gasteiger partial charge in [0.25, 0.3) is 0 Å². The summed E-state index contributed by atoms with van der Waals surface area (Å²) in [6.07, 6.45) is 3.24. The SMILES string of the molecule is COC(=O)CCC/C=C\C[C@H]1[C@@H](O)CC(NO)[C@@H]1/C=C/[C@@H](O)COc1cccc(C(F)(F)F)c1. The van der Waals surface area contributed by atoms with Crippen LogP contribution in [-0.2, 0) is 15.7 Å². The average molecular weight is 488 g/mol. The topological polar surface area (TPSA) is 108 Å². The zero-order valence-corrected chi connectivity index (χ0v) is 18.9. The number of hydrogen-bond donors (Lipinski definition) is 4. The van der Waals surface area contributed by atoms with Gasteiger partial charge in [-0.3, -0.25) is 4.79 Å². The number of carbonyl (C=O) groups excluding carboxylic acids is 1. The minimum atomic E-state index is -4.49. The Kier molecular flexibility index (Phi) is 11.0. The van der Waals surface area contributed by atoms with Crippen LogP contribution in [-0.4, -0.2) is 53.4 Å². The molecule has 7 nitrogen and oxygen atoms in total. The summed E-state index contributed by atoms with van der Waals surface area (Å²) in [6.45, 7) is -0.255. The molecule has 1 aliphatic carbocycles. The van der Waals surface area contributed by atoms with Crippen LogP contribution in [0.5, 0.6) is 5.75 Å². The standard InChI is InChI=1S/C24H32F3NO6/c1-33-23(31)10-5-3-2-4-9-20-19(21(28-32)14-22(20)30)12-11-17(29)15-34-18-8-6-7-16(13-18)24(25,26)27/h2,4,6-8,11-13,17,19-22,28-30,32H,3,5,9-10,14-15H2,1H3/b4-2-,12-11+/t17-,19-,20-,21?,22+/m1/s1. The number of esters is 1. The molecule has 0 saturated heterocycles. The van der Waals surface area contributed by atoms with E-state index in [0.717, 1.165) is 12.1 Å². The van der Waals surface area contributed by atoms with Crippen molar-refractivity contribution in [3.05, 3.63) is 54.1 Å². The molecule has 0 aromatic heterocycles. The number of aliphatic hydroxyl groups is 2. The number of benzene rings is 1. The lowest BCUT2D eigenvalue weighted by Crippen LogP contribution is -2.31. The molecule has 0 amide bonds. The summed E-state index contributed by atoms with van der Waals surface area (Å²) < 4.78 is 48.3. The number of methoxy groups -OCH3 is 1. The van der Waals surface area contributed by atoms with Gasteiger partial charge in [-0.25, -0.2) is 5.48 Å². The van der Waals surface area contributed by atoms with Crippen LogP contribution in [0.15, 0.2) is 48.6 Å². The first-order valence-corrected chi connectivity index (χ1v) is 11.1. The predicted molar refractivity (Wildman–Crippen MR) is 118 cm³/mol. The minimum Gasteiger partial charge on any atom is -0.491 e. The Morgan fingerprint density at radius 1 is 1.32 bits per heavy atom. The Bertz CT molecular complexity index is 829. The molecule has 190 valence electrons. The van der Waals surface area contributed by atoms with E-state index >= 15 is 0 Å². The third-order valence-electron chi connectivity index (χ3n) is 5.81. The van der Waals surface area contributed by atoms with E-state index in [1.807, 2.05) is 12.2 Å². The maximum absolute atomic E-state index is 12.8. The zero-order valence-electron chi connectivity index (χ0n) is 18.9. The second-order valence-corrected chi connectivity index (χ2v) is 8.24. The molecule has 10 heteroatoms. The highest BCUT2D eigenvalue weighted by molar-refractivity contribution is 5.69. The van der Waals surface area contributed by atoms with E-state index in [-0.39, 0.29) is 30.2 Å². The normalized spacial score (nSPS) is 24.1. The zero-order chi connectivity index (χ0) is 25.1. The van der Waals surface area contributed by atoms with Crippen LogP contribution in [0.3, 0.4) is 0 Å². The molecule has 34 heavy (non-hydrogen) atoms. The second-order valence-electron chi connectivity index (χ2n) is 8.24. The molecule has 1 unspecified atom stereocenters. The van der Waals surface area contributed by atoms with Crippen LogP contribution in [0.2, 0.25) is 0 Å². The number of hydroxylamine groups is 1. The van der Waals surface area contributed by atoms with Crippen molar-refractivity contribution in [2.75, 3.05) is 13.7 Å². The summed E-state index contributed by atoms with van der Waals surface area (Å²) in [6, 6.07) is 3.98. The molecule has 1 fully saturated rings. The van der Waals surface area contributed by atoms with Crippen molar-refractivity contribution in [3.63, 3.8) is 0 Å². The highest BCUT2D eigenvalue weighted by atomic mass is 19.4. The number of carbonyl (C=O) groups is 1. The van der Waals surface area contributed by atoms with E-state index in [0.29, 0.717) is 32.1 Å². The van der Waals surface area contributed by atoms with Gasteiger partial charge in [0, 0.05) is 18.4 Å². The number of rotatable bonds is 12. The molecule has 0 bridgehead atoms. The van der Waals surface area contributed by atoms with Gasteiger partial charge in [0.05, 0.1) is 18.8 Å². The summed E-state index contributed by atoms with van der Waals surface area (Å²) in [5.74, 6) is -0.779. The average Bonchev–Trinajstić information content (AvgIpc) is 3.12. The maximum atomic E-state index is 12.8. The molecular formula is C24H32F3NO6. The van der Waals surface area contributed by atoms with Crippen LogP contribution in [0, 0.1) is 11.8 Å². The number of unbranched alkanes of at least 4 members (excludes halogenated alkanes) is 1. The van der Waals surface area contributed by atoms with Gasteiger partial charge < -0.3 is 24.9 Å². The Morgan fingerprint density at radius 3 is 2.76 bits per heavy atom. The molecule has 0 heterocycles. The Morgan fingerprint density at radius 2 is 2.09 bits per heavy atom. The van der Waals surface area contributed by atoms with Crippen molar-refractivity contribution in [2.24, 2.45) is 11.8 Å². The summed E-state index contributed by atoms with van der Waals surface area (Å²) in [5.41, 5.74) is 1.36. The van der Waals surface area contributed by atoms with Crippen molar-refractivity contribution >= 4 is 5.97 Å². The Labute approximate surface area is 196 Å². The molecular weight excluding hydrogens is 455 g/mol. The van der Waals surface area contributed by atoms with Gasteiger partial charge in [-0.15, -0.1) is 0 Å². The summed E-state index contributed by atoms with van der Waals surface area (Å²) >= 11 is 0. The van der Waals surface area contributed by atoms with E-state index < -0.39 is 30.0 Å². The molecule has 5 atom stereocenters. The van der Waals surface area contributed by atoms with Crippen LogP contribution in [0.1, 0.15) is 37.7 Å². The second kappa shape index (κ2) is 13.5. The third kappa shape index (κ3) is 8.75. The first-order chi connectivity index (χ1) is 16.2. The predicted octanol–water partition coefficient (Wildman–Crippen LogP) is 3.64. The van der Waals surface area contributed by atoms with E-state index in [1.165, 1.54) is 25.3 Å². The van der Waals surface area contributed by atoms with E-state index in [4.69, 9.17) is 4.74 Å². The smallest absolute Gasteiger partial charge is 0.416 e. The lowest BCUT2D eigenvalue weighted by atomic mass is 9.89. The minimum absolute atomic E-state index is 0.0105. The van der Waals surface area contributed by atoms with Gasteiger partial charge in [0.2, 0.25) is 0 Å². The van der Waals surface area contributed by atoms with Crippen molar-refractivity contribution in [3.8, 4) is 5.75 Å². The monoisotopic (exact) mass is 487 g/mol. The molecule has 1 aliphatic rings.